The van der Waals surface area contributed by atoms with Gasteiger partial charge in [0, 0.05) is 5.92 Å². The van der Waals surface area contributed by atoms with Crippen molar-refractivity contribution < 1.29 is 4.79 Å². The van der Waals surface area contributed by atoms with E-state index >= 15 is 0 Å². The van der Waals surface area contributed by atoms with Crippen molar-refractivity contribution in [2.45, 2.75) is 39.5 Å². The minimum absolute atomic E-state index is 0.0493. The third-order valence-electron chi connectivity index (χ3n) is 1.63. The lowest BCUT2D eigenvalue weighted by atomic mass is 10.1. The van der Waals surface area contributed by atoms with E-state index in [9.17, 15) is 4.79 Å². The molecule has 0 aliphatic carbocycles. The molecule has 2 heteroatoms. The molecule has 0 aromatic carbocycles. The zero-order chi connectivity index (χ0) is 7.98. The van der Waals surface area contributed by atoms with Gasteiger partial charge < -0.3 is 0 Å². The molecule has 0 aromatic heterocycles. The van der Waals surface area contributed by atoms with Crippen LogP contribution in [0.2, 0.25) is 0 Å². The van der Waals surface area contributed by atoms with Gasteiger partial charge in [0.2, 0.25) is 5.24 Å². The highest BCUT2D eigenvalue weighted by atomic mass is 35.5. The molecule has 0 bridgehead atoms. The molecule has 1 atom stereocenters. The maximum atomic E-state index is 10.5. The molecule has 0 N–H and O–H groups in total. The fourth-order valence-electron chi connectivity index (χ4n) is 0.814. The van der Waals surface area contributed by atoms with Crippen molar-refractivity contribution in [2.24, 2.45) is 5.92 Å². The third-order valence-corrected chi connectivity index (χ3v) is 2.00. The van der Waals surface area contributed by atoms with Crippen LogP contribution in [0.4, 0.5) is 0 Å². The Morgan fingerprint density at radius 2 is 2.10 bits per heavy atom. The van der Waals surface area contributed by atoms with Gasteiger partial charge in [0.1, 0.15) is 0 Å². The predicted molar refractivity (Wildman–Crippen MR) is 44.2 cm³/mol. The van der Waals surface area contributed by atoms with Gasteiger partial charge in [0.15, 0.2) is 0 Å². The minimum atomic E-state index is -0.198. The van der Waals surface area contributed by atoms with Crippen LogP contribution >= 0.6 is 11.6 Å². The number of halogens is 1. The van der Waals surface area contributed by atoms with Gasteiger partial charge in [-0.2, -0.15) is 0 Å². The van der Waals surface area contributed by atoms with E-state index < -0.39 is 0 Å². The molecule has 60 valence electrons. The SMILES string of the molecule is CCCCC[C@H](C)C(=O)Cl. The van der Waals surface area contributed by atoms with Crippen molar-refractivity contribution in [3.8, 4) is 0 Å². The van der Waals surface area contributed by atoms with Gasteiger partial charge in [-0.05, 0) is 18.0 Å². The molecule has 1 nitrogen and oxygen atoms in total. The summed E-state index contributed by atoms with van der Waals surface area (Å²) in [7, 11) is 0. The number of carbonyl (C=O) groups excluding carboxylic acids is 1. The molecule has 0 saturated heterocycles. The average Bonchev–Trinajstić information content (AvgIpc) is 1.88. The van der Waals surface area contributed by atoms with Crippen molar-refractivity contribution in [2.75, 3.05) is 0 Å². The van der Waals surface area contributed by atoms with Crippen LogP contribution < -0.4 is 0 Å². The summed E-state index contributed by atoms with van der Waals surface area (Å²) in [5, 5.41) is -0.198. The maximum Gasteiger partial charge on any atom is 0.224 e. The van der Waals surface area contributed by atoms with E-state index in [1.807, 2.05) is 6.92 Å². The molecule has 0 amide bonds. The predicted octanol–water partition coefficient (Wildman–Crippen LogP) is 2.97. The van der Waals surface area contributed by atoms with Crippen molar-refractivity contribution in [1.82, 2.24) is 0 Å². The molecule has 10 heavy (non-hydrogen) atoms. The molecule has 0 heterocycles. The highest BCUT2D eigenvalue weighted by molar-refractivity contribution is 6.63. The lowest BCUT2D eigenvalue weighted by molar-refractivity contribution is -0.114. The van der Waals surface area contributed by atoms with Crippen LogP contribution in [0.1, 0.15) is 39.5 Å². The summed E-state index contributed by atoms with van der Waals surface area (Å²) in [6.45, 7) is 4.03. The van der Waals surface area contributed by atoms with Crippen LogP contribution in [-0.2, 0) is 4.79 Å². The van der Waals surface area contributed by atoms with E-state index in [2.05, 4.69) is 6.92 Å². The Kier molecular flexibility index (Phi) is 5.70. The van der Waals surface area contributed by atoms with Gasteiger partial charge >= 0.3 is 0 Å². The molecule has 0 rings (SSSR count). The molecule has 0 aliphatic rings. The molecular weight excluding hydrogens is 148 g/mol. The number of unbranched alkanes of at least 4 members (excludes halogenated alkanes) is 2. The summed E-state index contributed by atoms with van der Waals surface area (Å²) in [5.74, 6) is 0.0493. The summed E-state index contributed by atoms with van der Waals surface area (Å²) in [6, 6.07) is 0. The number of rotatable bonds is 5. The van der Waals surface area contributed by atoms with Crippen LogP contribution in [0.5, 0.6) is 0 Å². The first-order chi connectivity index (χ1) is 4.68. The van der Waals surface area contributed by atoms with E-state index in [0.29, 0.717) is 0 Å². The Hall–Kier alpha value is -0.0400. The molecule has 0 aliphatic heterocycles. The standard InChI is InChI=1S/C8H15ClO/c1-3-4-5-6-7(2)8(9)10/h7H,3-6H2,1-2H3/t7-/m0/s1. The Morgan fingerprint density at radius 1 is 1.50 bits per heavy atom. The van der Waals surface area contributed by atoms with E-state index in [1.54, 1.807) is 0 Å². The zero-order valence-corrected chi connectivity index (χ0v) is 7.45. The van der Waals surface area contributed by atoms with E-state index in [1.165, 1.54) is 12.8 Å². The van der Waals surface area contributed by atoms with Crippen LogP contribution in [0.15, 0.2) is 0 Å². The lowest BCUT2D eigenvalue weighted by Gasteiger charge is -2.03. The normalized spacial score (nSPS) is 13.1. The van der Waals surface area contributed by atoms with Gasteiger partial charge in [0.25, 0.3) is 0 Å². The first-order valence-corrected chi connectivity index (χ1v) is 4.25. The fraction of sp³-hybridized carbons (Fsp3) is 0.875. The number of hydrogen-bond acceptors (Lipinski definition) is 1. The summed E-state index contributed by atoms with van der Waals surface area (Å²) in [6.07, 6.45) is 4.46. The van der Waals surface area contributed by atoms with Crippen LogP contribution in [0.25, 0.3) is 0 Å². The van der Waals surface area contributed by atoms with Crippen LogP contribution in [0, 0.1) is 5.92 Å². The van der Waals surface area contributed by atoms with E-state index in [4.69, 9.17) is 11.6 Å². The van der Waals surface area contributed by atoms with Crippen molar-refractivity contribution in [3.05, 3.63) is 0 Å². The molecule has 0 spiro atoms. The second kappa shape index (κ2) is 5.72. The molecule has 0 unspecified atom stereocenters. The lowest BCUT2D eigenvalue weighted by Crippen LogP contribution is -2.02. The third kappa shape index (κ3) is 4.80. The van der Waals surface area contributed by atoms with Gasteiger partial charge in [-0.3, -0.25) is 4.79 Å². The Bertz CT molecular complexity index is 101. The topological polar surface area (TPSA) is 17.1 Å². The molecule has 0 saturated carbocycles. The monoisotopic (exact) mass is 162 g/mol. The molecular formula is C8H15ClO. The van der Waals surface area contributed by atoms with Gasteiger partial charge in [-0.15, -0.1) is 0 Å². The van der Waals surface area contributed by atoms with Gasteiger partial charge in [-0.25, -0.2) is 0 Å². The van der Waals surface area contributed by atoms with Crippen LogP contribution in [0.3, 0.4) is 0 Å². The Balaban J connectivity index is 3.21. The molecule has 0 radical (unpaired) electrons. The Morgan fingerprint density at radius 3 is 2.50 bits per heavy atom. The Labute approximate surface area is 67.8 Å². The molecule has 0 aromatic rings. The van der Waals surface area contributed by atoms with Crippen molar-refractivity contribution >= 4 is 16.8 Å². The smallest absolute Gasteiger partial charge is 0.224 e. The van der Waals surface area contributed by atoms with Crippen molar-refractivity contribution in [1.29, 1.82) is 0 Å². The van der Waals surface area contributed by atoms with Crippen molar-refractivity contribution in [3.63, 3.8) is 0 Å². The summed E-state index contributed by atoms with van der Waals surface area (Å²) in [5.41, 5.74) is 0. The number of hydrogen-bond donors (Lipinski definition) is 0. The first kappa shape index (κ1) is 9.96. The minimum Gasteiger partial charge on any atom is -0.281 e. The molecule has 0 fully saturated rings. The first-order valence-electron chi connectivity index (χ1n) is 3.87. The largest absolute Gasteiger partial charge is 0.281 e. The fourth-order valence-corrected chi connectivity index (χ4v) is 0.923. The maximum absolute atomic E-state index is 10.5. The second-order valence-corrected chi connectivity index (χ2v) is 3.07. The number of carbonyl (C=O) groups is 1. The van der Waals surface area contributed by atoms with E-state index in [0.717, 1.165) is 12.8 Å². The second-order valence-electron chi connectivity index (χ2n) is 2.70. The summed E-state index contributed by atoms with van der Waals surface area (Å²) in [4.78, 5) is 10.5. The van der Waals surface area contributed by atoms with Gasteiger partial charge in [-0.1, -0.05) is 33.1 Å². The van der Waals surface area contributed by atoms with Gasteiger partial charge in [0.05, 0.1) is 0 Å². The van der Waals surface area contributed by atoms with Crippen LogP contribution in [-0.4, -0.2) is 5.24 Å². The highest BCUT2D eigenvalue weighted by Crippen LogP contribution is 2.11. The average molecular weight is 163 g/mol. The van der Waals surface area contributed by atoms with E-state index in [-0.39, 0.29) is 11.2 Å². The highest BCUT2D eigenvalue weighted by Gasteiger charge is 2.07. The summed E-state index contributed by atoms with van der Waals surface area (Å²) < 4.78 is 0. The zero-order valence-electron chi connectivity index (χ0n) is 6.69. The summed E-state index contributed by atoms with van der Waals surface area (Å²) >= 11 is 5.27. The quantitative estimate of drug-likeness (QED) is 0.449.